The largest absolute Gasteiger partial charge is 0.427 e. The molecule has 2 aliphatic rings. The third-order valence-electron chi connectivity index (χ3n) is 6.48. The van der Waals surface area contributed by atoms with Gasteiger partial charge in [0.25, 0.3) is 11.8 Å². The molecule has 0 saturated carbocycles. The number of nitrogens with one attached hydrogen (secondary N) is 1. The quantitative estimate of drug-likeness (QED) is 0.0972. The van der Waals surface area contributed by atoms with Crippen molar-refractivity contribution in [3.63, 3.8) is 0 Å². The van der Waals surface area contributed by atoms with Crippen LogP contribution < -0.4 is 11.1 Å². The van der Waals surface area contributed by atoms with Crippen LogP contribution in [0, 0.1) is 5.41 Å². The van der Waals surface area contributed by atoms with Crippen molar-refractivity contribution in [3.05, 3.63) is 46.7 Å². The second-order valence-electron chi connectivity index (χ2n) is 10.6. The lowest BCUT2D eigenvalue weighted by molar-refractivity contribution is -0.173. The van der Waals surface area contributed by atoms with Crippen molar-refractivity contribution in [2.24, 2.45) is 18.2 Å². The maximum absolute atomic E-state index is 13.3. The molecule has 3 heterocycles. The highest BCUT2D eigenvalue weighted by molar-refractivity contribution is 8.01. The van der Waals surface area contributed by atoms with Crippen LogP contribution in [-0.2, 0) is 35.7 Å². The molecule has 4 rings (SSSR count). The van der Waals surface area contributed by atoms with Crippen LogP contribution in [0.4, 0.5) is 0 Å². The minimum atomic E-state index is -1.74. The zero-order chi connectivity index (χ0) is 31.5. The van der Waals surface area contributed by atoms with Crippen LogP contribution in [-0.4, -0.2) is 96.0 Å². The third-order valence-corrected chi connectivity index (χ3v) is 8.91. The van der Waals surface area contributed by atoms with Crippen molar-refractivity contribution in [2.45, 2.75) is 43.4 Å². The topological polar surface area (TPSA) is 209 Å². The number of hydrogen-bond donors (Lipinski definition) is 3. The summed E-state index contributed by atoms with van der Waals surface area (Å²) in [6.45, 7) is 3.99. The first-order valence-electron chi connectivity index (χ1n) is 13.0. The lowest BCUT2D eigenvalue weighted by Gasteiger charge is -2.49. The van der Waals surface area contributed by atoms with Crippen LogP contribution >= 0.6 is 23.5 Å². The number of aryl methyl sites for hydroxylation is 1. The maximum atomic E-state index is 13.3. The van der Waals surface area contributed by atoms with Crippen molar-refractivity contribution < 1.29 is 38.6 Å². The highest BCUT2D eigenvalue weighted by atomic mass is 32.2. The summed E-state index contributed by atoms with van der Waals surface area (Å²) in [5, 5.41) is 24.4. The molecule has 0 aliphatic carbocycles. The zero-order valence-corrected chi connectivity index (χ0v) is 25.4. The number of fused-ring (bicyclic) bond motifs is 1. The minimum absolute atomic E-state index is 0.0341. The van der Waals surface area contributed by atoms with Crippen molar-refractivity contribution in [1.82, 2.24) is 30.4 Å². The Morgan fingerprint density at radius 3 is 2.60 bits per heavy atom. The van der Waals surface area contributed by atoms with Crippen LogP contribution in [0.1, 0.15) is 42.8 Å². The van der Waals surface area contributed by atoms with Crippen molar-refractivity contribution in [3.8, 4) is 0 Å². The summed E-state index contributed by atoms with van der Waals surface area (Å²) in [5.41, 5.74) is 5.32. The average Bonchev–Trinajstić information content (AvgIpc) is 3.40. The third kappa shape index (κ3) is 6.90. The lowest BCUT2D eigenvalue weighted by atomic mass is 9.97. The predicted molar refractivity (Wildman–Crippen MR) is 153 cm³/mol. The predicted octanol–water partition coefficient (Wildman–Crippen LogP) is -0.0788. The highest BCUT2D eigenvalue weighted by Gasteiger charge is 2.54. The number of ketones is 1. The van der Waals surface area contributed by atoms with Crippen LogP contribution in [0.25, 0.3) is 0 Å². The van der Waals surface area contributed by atoms with Crippen LogP contribution in [0.5, 0.6) is 0 Å². The first kappa shape index (κ1) is 32.1. The van der Waals surface area contributed by atoms with Crippen LogP contribution in [0.2, 0.25) is 0 Å². The Morgan fingerprint density at radius 2 is 1.95 bits per heavy atom. The molecule has 2 unspecified atom stereocenters. The summed E-state index contributed by atoms with van der Waals surface area (Å²) in [6, 6.07) is 4.95. The number of rotatable bonds is 11. The Bertz CT molecular complexity index is 1470. The fourth-order valence-corrected chi connectivity index (χ4v) is 6.51. The average molecular weight is 634 g/mol. The number of aliphatic hydroxyl groups excluding tert-OH is 1. The van der Waals surface area contributed by atoms with E-state index in [9.17, 15) is 29.1 Å². The fourth-order valence-electron chi connectivity index (χ4n) is 4.17. The molecule has 1 fully saturated rings. The number of amides is 2. The van der Waals surface area contributed by atoms with Gasteiger partial charge in [-0.05, 0) is 36.8 Å². The molecule has 2 amide bonds. The van der Waals surface area contributed by atoms with E-state index < -0.39 is 59.3 Å². The van der Waals surface area contributed by atoms with E-state index in [0.29, 0.717) is 16.5 Å². The van der Waals surface area contributed by atoms with Gasteiger partial charge in [0.15, 0.2) is 11.9 Å². The first-order valence-corrected chi connectivity index (χ1v) is 15.1. The maximum Gasteiger partial charge on any atom is 0.357 e. The number of β-lactam (4-membered cyclic amide) rings is 1. The van der Waals surface area contributed by atoms with E-state index in [2.05, 4.69) is 20.8 Å². The summed E-state index contributed by atoms with van der Waals surface area (Å²) >= 11 is 2.55. The Kier molecular flexibility index (Phi) is 9.89. The van der Waals surface area contributed by atoms with Gasteiger partial charge in [-0.15, -0.1) is 16.9 Å². The molecule has 2 aliphatic heterocycles. The number of tetrazole rings is 1. The van der Waals surface area contributed by atoms with E-state index in [1.165, 1.54) is 45.2 Å². The highest BCUT2D eigenvalue weighted by Crippen LogP contribution is 2.42. The van der Waals surface area contributed by atoms with E-state index in [1.54, 1.807) is 40.0 Å². The molecule has 0 radical (unpaired) electrons. The number of carbonyl (C=O) groups excluding carboxylic acids is 5. The monoisotopic (exact) mass is 633 g/mol. The molecule has 4 N–H and O–H groups in total. The molecule has 17 heteroatoms. The molecule has 1 saturated heterocycles. The van der Waals surface area contributed by atoms with Gasteiger partial charge in [0.05, 0.1) is 12.0 Å². The van der Waals surface area contributed by atoms with Gasteiger partial charge in [0.1, 0.15) is 17.1 Å². The molecule has 0 spiro atoms. The molecule has 0 bridgehead atoms. The van der Waals surface area contributed by atoms with Gasteiger partial charge in [-0.2, -0.15) is 0 Å². The molecule has 2 aromatic rings. The van der Waals surface area contributed by atoms with Gasteiger partial charge >= 0.3 is 11.9 Å². The van der Waals surface area contributed by atoms with Crippen molar-refractivity contribution in [1.29, 1.82) is 0 Å². The van der Waals surface area contributed by atoms with E-state index >= 15 is 0 Å². The molecule has 43 heavy (non-hydrogen) atoms. The summed E-state index contributed by atoms with van der Waals surface area (Å²) in [5.74, 6) is -2.88. The number of aromatic nitrogens is 4. The zero-order valence-electron chi connectivity index (χ0n) is 23.8. The van der Waals surface area contributed by atoms with Crippen molar-refractivity contribution >= 4 is 53.1 Å². The Morgan fingerprint density at radius 1 is 1.23 bits per heavy atom. The minimum Gasteiger partial charge on any atom is -0.427 e. The number of nitrogens with two attached hydrogens (primary N) is 1. The number of hydrogen-bond acceptors (Lipinski definition) is 14. The lowest BCUT2D eigenvalue weighted by Crippen LogP contribution is -2.71. The Labute approximate surface area is 254 Å². The van der Waals surface area contributed by atoms with Crippen molar-refractivity contribution in [2.75, 3.05) is 24.8 Å². The molecular weight excluding hydrogens is 602 g/mol. The number of thioether (sulfide) groups is 2. The van der Waals surface area contributed by atoms with Crippen LogP contribution in [0.3, 0.4) is 0 Å². The number of aliphatic hydroxyl groups is 1. The summed E-state index contributed by atoms with van der Waals surface area (Å²) in [6.07, 6.45) is -1.74. The summed E-state index contributed by atoms with van der Waals surface area (Å²) in [7, 11) is 1.66. The number of benzene rings is 1. The number of esters is 2. The number of ether oxygens (including phenoxy) is 2. The number of carbonyl (C=O) groups is 5. The first-order chi connectivity index (χ1) is 20.3. The molecule has 15 nitrogen and oxygen atoms in total. The molecular formula is C26H31N7O8S2. The number of Topliss-reactive ketones (excluding diaryl/α,β-unsaturated/α-hetero) is 1. The smallest absolute Gasteiger partial charge is 0.357 e. The second kappa shape index (κ2) is 13.2. The van der Waals surface area contributed by atoms with Gasteiger partial charge in [-0.1, -0.05) is 36.0 Å². The standard InChI is InChI=1S/C26H31N7O8S2/c1-26(2,3)24(39)41-12-40-23(38)18-13(11-43-25-29-30-31-32(25)4)10-42-22-17(21(37)33(18)22)28-20(36)19(35)15-8-6-5-7-14(15)16(34)9-27/h5-8,17,19,22,35H,9-12,27H2,1-4H3,(H,28,36)/t17?,19?,22-/m0/s1. The van der Waals surface area contributed by atoms with Gasteiger partial charge < -0.3 is 25.6 Å². The van der Waals surface area contributed by atoms with E-state index in [0.717, 1.165) is 0 Å². The van der Waals surface area contributed by atoms with Gasteiger partial charge in [0, 0.05) is 29.7 Å². The van der Waals surface area contributed by atoms with Gasteiger partial charge in [-0.25, -0.2) is 9.48 Å². The molecule has 1 aromatic heterocycles. The van der Waals surface area contributed by atoms with E-state index in [-0.39, 0.29) is 29.1 Å². The molecule has 3 atom stereocenters. The Hall–Kier alpha value is -3.80. The van der Waals surface area contributed by atoms with Gasteiger partial charge in [0.2, 0.25) is 11.9 Å². The van der Waals surface area contributed by atoms with E-state index in [4.69, 9.17) is 15.2 Å². The molecule has 230 valence electrons. The molecule has 1 aromatic carbocycles. The fraction of sp³-hybridized carbons (Fsp3) is 0.462. The van der Waals surface area contributed by atoms with Gasteiger partial charge in [-0.3, -0.25) is 24.1 Å². The Balaban J connectivity index is 1.51. The summed E-state index contributed by atoms with van der Waals surface area (Å²) in [4.78, 5) is 65.1. The normalized spacial score (nSPS) is 18.8. The second-order valence-corrected chi connectivity index (χ2v) is 12.6. The van der Waals surface area contributed by atoms with E-state index in [1.807, 2.05) is 0 Å². The SMILES string of the molecule is Cn1nnnc1SCC1=C(C(=O)OCOC(=O)C(C)(C)C)N2C(=O)C(NC(=O)C(O)c3ccccc3C(=O)CN)[C@@H]2SC1. The summed E-state index contributed by atoms with van der Waals surface area (Å²) < 4.78 is 11.7. The number of nitrogens with zero attached hydrogens (tertiary/aromatic N) is 5. The van der Waals surface area contributed by atoms with Crippen LogP contribution in [0.15, 0.2) is 40.7 Å².